The van der Waals surface area contributed by atoms with E-state index in [9.17, 15) is 13.5 Å². The maximum absolute atomic E-state index is 11.1. The van der Waals surface area contributed by atoms with Gasteiger partial charge in [0.15, 0.2) is 10.7 Å². The number of aromatic nitrogens is 2. The smallest absolute Gasteiger partial charge is 0.172 e. The molecule has 0 aliphatic heterocycles. The third-order valence-corrected chi connectivity index (χ3v) is 3.97. The summed E-state index contributed by atoms with van der Waals surface area (Å²) >= 11 is 0. The van der Waals surface area contributed by atoms with E-state index in [4.69, 9.17) is 10.5 Å². The lowest BCUT2D eigenvalue weighted by molar-refractivity contribution is 0.461. The number of thiol groups is 1. The molecule has 0 saturated carbocycles. The molecule has 1 aromatic heterocycles. The summed E-state index contributed by atoms with van der Waals surface area (Å²) in [6, 6.07) is 9.20. The van der Waals surface area contributed by atoms with Crippen molar-refractivity contribution in [1.82, 2.24) is 10.2 Å². The molecule has 7 nitrogen and oxygen atoms in total. The SMILES string of the molecule is N#Cc1cc2nnc3cc([SH](=O)=O)c(O)cc3c2cc1C#N. The molecule has 0 saturated heterocycles. The van der Waals surface area contributed by atoms with Gasteiger partial charge in [0.05, 0.1) is 22.2 Å². The summed E-state index contributed by atoms with van der Waals surface area (Å²) in [5, 5.41) is 36.7. The molecule has 0 radical (unpaired) electrons. The van der Waals surface area contributed by atoms with E-state index in [0.29, 0.717) is 16.3 Å². The van der Waals surface area contributed by atoms with Gasteiger partial charge < -0.3 is 5.11 Å². The summed E-state index contributed by atoms with van der Waals surface area (Å²) in [4.78, 5) is -0.245. The van der Waals surface area contributed by atoms with Crippen molar-refractivity contribution in [3.8, 4) is 17.9 Å². The molecule has 0 spiro atoms. The van der Waals surface area contributed by atoms with Crippen LogP contribution in [0, 0.1) is 22.7 Å². The minimum atomic E-state index is -2.96. The zero-order chi connectivity index (χ0) is 15.9. The molecule has 0 amide bonds. The van der Waals surface area contributed by atoms with Gasteiger partial charge in [-0.2, -0.15) is 10.5 Å². The predicted molar refractivity (Wildman–Crippen MR) is 76.7 cm³/mol. The Kier molecular flexibility index (Phi) is 3.09. The zero-order valence-electron chi connectivity index (χ0n) is 10.8. The van der Waals surface area contributed by atoms with Gasteiger partial charge in [-0.1, -0.05) is 0 Å². The molecular formula is C14H6N4O3S. The number of rotatable bonds is 1. The lowest BCUT2D eigenvalue weighted by Gasteiger charge is -2.05. The molecule has 3 aromatic rings. The fraction of sp³-hybridized carbons (Fsp3) is 0. The number of benzene rings is 2. The Morgan fingerprint density at radius 3 is 2.05 bits per heavy atom. The standard InChI is InChI=1S/C14H6N4O3S/c15-5-7-1-9-10-3-13(19)14(22(20)21)4-12(10)18-17-11(9)2-8(7)6-16/h1-4,19,22H. The van der Waals surface area contributed by atoms with E-state index in [0.717, 1.165) is 0 Å². The van der Waals surface area contributed by atoms with Crippen LogP contribution in [0.5, 0.6) is 5.75 Å². The monoisotopic (exact) mass is 310 g/mol. The van der Waals surface area contributed by atoms with Crippen LogP contribution in [0.15, 0.2) is 29.2 Å². The van der Waals surface area contributed by atoms with E-state index in [-0.39, 0.29) is 21.5 Å². The molecule has 0 aliphatic carbocycles. The van der Waals surface area contributed by atoms with E-state index < -0.39 is 16.5 Å². The van der Waals surface area contributed by atoms with Crippen molar-refractivity contribution in [2.75, 3.05) is 0 Å². The average molecular weight is 310 g/mol. The molecular weight excluding hydrogens is 304 g/mol. The van der Waals surface area contributed by atoms with Crippen molar-refractivity contribution in [3.05, 3.63) is 35.4 Å². The third-order valence-electron chi connectivity index (χ3n) is 3.22. The maximum Gasteiger partial charge on any atom is 0.172 e. The highest BCUT2D eigenvalue weighted by atomic mass is 32.2. The van der Waals surface area contributed by atoms with Crippen molar-refractivity contribution in [1.29, 1.82) is 10.5 Å². The summed E-state index contributed by atoms with van der Waals surface area (Å²) in [6.07, 6.45) is 0. The van der Waals surface area contributed by atoms with E-state index in [1.54, 1.807) is 0 Å². The van der Waals surface area contributed by atoms with Gasteiger partial charge in [-0.25, -0.2) is 8.42 Å². The van der Waals surface area contributed by atoms with Gasteiger partial charge in [0, 0.05) is 10.8 Å². The molecule has 2 aromatic carbocycles. The second-order valence-corrected chi connectivity index (χ2v) is 5.45. The van der Waals surface area contributed by atoms with Gasteiger partial charge >= 0.3 is 0 Å². The Balaban J connectivity index is 2.48. The van der Waals surface area contributed by atoms with Crippen LogP contribution < -0.4 is 0 Å². The summed E-state index contributed by atoms with van der Waals surface area (Å²) in [5.74, 6) is -0.402. The number of phenolic OH excluding ortho intramolecular Hbond substituents is 1. The first kappa shape index (κ1) is 13.7. The number of hydrogen-bond donors (Lipinski definition) is 2. The van der Waals surface area contributed by atoms with Crippen molar-refractivity contribution in [3.63, 3.8) is 0 Å². The topological polar surface area (TPSA) is 128 Å². The molecule has 8 heteroatoms. The van der Waals surface area contributed by atoms with E-state index in [2.05, 4.69) is 10.2 Å². The van der Waals surface area contributed by atoms with Gasteiger partial charge in [-0.05, 0) is 24.3 Å². The van der Waals surface area contributed by atoms with Crippen LogP contribution in [0.3, 0.4) is 0 Å². The second-order valence-electron chi connectivity index (χ2n) is 4.45. The lowest BCUT2D eigenvalue weighted by Crippen LogP contribution is -1.93. The Morgan fingerprint density at radius 2 is 1.45 bits per heavy atom. The van der Waals surface area contributed by atoms with Gasteiger partial charge in [0.25, 0.3) is 0 Å². The minimum absolute atomic E-state index is 0.169. The van der Waals surface area contributed by atoms with Gasteiger partial charge in [0.2, 0.25) is 0 Å². The van der Waals surface area contributed by atoms with Crippen molar-refractivity contribution in [2.24, 2.45) is 0 Å². The third kappa shape index (κ3) is 1.99. The first-order valence-corrected chi connectivity index (χ1v) is 7.14. The average Bonchev–Trinajstić information content (AvgIpc) is 2.52. The van der Waals surface area contributed by atoms with Crippen LogP contribution in [-0.2, 0) is 10.7 Å². The van der Waals surface area contributed by atoms with E-state index in [1.807, 2.05) is 12.1 Å². The number of aromatic hydroxyl groups is 1. The molecule has 0 fully saturated rings. The fourth-order valence-corrected chi connectivity index (χ4v) is 2.67. The zero-order valence-corrected chi connectivity index (χ0v) is 11.7. The summed E-state index contributed by atoms with van der Waals surface area (Å²) in [7, 11) is -2.96. The fourth-order valence-electron chi connectivity index (χ4n) is 2.19. The molecule has 0 aliphatic rings. The van der Waals surface area contributed by atoms with Crippen molar-refractivity contribution < 1.29 is 13.5 Å². The molecule has 1 N–H and O–H groups in total. The number of nitriles is 2. The van der Waals surface area contributed by atoms with Crippen LogP contribution in [-0.4, -0.2) is 23.7 Å². The van der Waals surface area contributed by atoms with Gasteiger partial charge in [-0.15, -0.1) is 10.2 Å². The molecule has 3 rings (SSSR count). The molecule has 1 heterocycles. The highest BCUT2D eigenvalue weighted by molar-refractivity contribution is 7.72. The Morgan fingerprint density at radius 1 is 0.909 bits per heavy atom. The van der Waals surface area contributed by atoms with Crippen molar-refractivity contribution >= 4 is 32.5 Å². The molecule has 0 atom stereocenters. The summed E-state index contributed by atoms with van der Waals surface area (Å²) in [5.41, 5.74) is 0.990. The normalized spacial score (nSPS) is 10.7. The Labute approximate surface area is 125 Å². The summed E-state index contributed by atoms with van der Waals surface area (Å²) in [6.45, 7) is 0. The Hall–Kier alpha value is -3.23. The van der Waals surface area contributed by atoms with Crippen molar-refractivity contribution in [2.45, 2.75) is 4.90 Å². The van der Waals surface area contributed by atoms with E-state index >= 15 is 0 Å². The first-order valence-electron chi connectivity index (χ1n) is 5.97. The molecule has 22 heavy (non-hydrogen) atoms. The van der Waals surface area contributed by atoms with Crippen LogP contribution in [0.2, 0.25) is 0 Å². The number of nitrogens with zero attached hydrogens (tertiary/aromatic N) is 4. The second kappa shape index (κ2) is 4.95. The van der Waals surface area contributed by atoms with Crippen LogP contribution in [0.4, 0.5) is 0 Å². The quantitative estimate of drug-likeness (QED) is 0.510. The van der Waals surface area contributed by atoms with Crippen LogP contribution in [0.25, 0.3) is 21.8 Å². The van der Waals surface area contributed by atoms with Crippen LogP contribution >= 0.6 is 0 Å². The molecule has 0 unspecified atom stereocenters. The number of fused-ring (bicyclic) bond motifs is 3. The lowest BCUT2D eigenvalue weighted by atomic mass is 10.0. The van der Waals surface area contributed by atoms with Gasteiger partial charge in [0.1, 0.15) is 22.8 Å². The van der Waals surface area contributed by atoms with Crippen LogP contribution in [0.1, 0.15) is 11.1 Å². The van der Waals surface area contributed by atoms with E-state index in [1.165, 1.54) is 24.3 Å². The highest BCUT2D eigenvalue weighted by Crippen LogP contribution is 2.30. The largest absolute Gasteiger partial charge is 0.507 e. The maximum atomic E-state index is 11.1. The number of phenols is 1. The highest BCUT2D eigenvalue weighted by Gasteiger charge is 2.13. The summed E-state index contributed by atoms with van der Waals surface area (Å²) < 4.78 is 22.1. The Bertz CT molecular complexity index is 1100. The number of hydrogen-bond acceptors (Lipinski definition) is 7. The molecule has 0 bridgehead atoms. The van der Waals surface area contributed by atoms with Gasteiger partial charge in [-0.3, -0.25) is 0 Å². The first-order chi connectivity index (χ1) is 10.5. The predicted octanol–water partition coefficient (Wildman–Crippen LogP) is 1.20. The molecule has 106 valence electrons. The minimum Gasteiger partial charge on any atom is -0.507 e.